The quantitative estimate of drug-likeness (QED) is 0.489. The molecule has 4 N–H and O–H groups in total. The van der Waals surface area contributed by atoms with Gasteiger partial charge in [0.1, 0.15) is 0 Å². The lowest BCUT2D eigenvalue weighted by atomic mass is 10.3. The third-order valence-corrected chi connectivity index (χ3v) is 1.85. The van der Waals surface area contributed by atoms with Crippen molar-refractivity contribution in [1.82, 2.24) is 15.6 Å². The first-order valence-corrected chi connectivity index (χ1v) is 4.81. The minimum Gasteiger partial charge on any atom is -0.351 e. The fourth-order valence-electron chi connectivity index (χ4n) is 1.17. The molecule has 16 heavy (non-hydrogen) atoms. The SMILES string of the molecule is CN=C(NCc1cccc(C)n1)NC(N)=O. The highest BCUT2D eigenvalue weighted by atomic mass is 16.2. The zero-order valence-corrected chi connectivity index (χ0v) is 9.32. The average Bonchev–Trinajstić information content (AvgIpc) is 2.24. The summed E-state index contributed by atoms with van der Waals surface area (Å²) in [6, 6.07) is 5.08. The molecule has 0 bridgehead atoms. The number of hydrogen-bond acceptors (Lipinski definition) is 3. The Bertz CT molecular complexity index is 402. The first-order chi connectivity index (χ1) is 7.61. The lowest BCUT2D eigenvalue weighted by molar-refractivity contribution is 0.253. The van der Waals surface area contributed by atoms with E-state index in [2.05, 4.69) is 20.6 Å². The number of urea groups is 1. The highest BCUT2D eigenvalue weighted by molar-refractivity contribution is 5.95. The van der Waals surface area contributed by atoms with Gasteiger partial charge >= 0.3 is 6.03 Å². The molecule has 0 atom stereocenters. The fourth-order valence-corrected chi connectivity index (χ4v) is 1.17. The van der Waals surface area contributed by atoms with Gasteiger partial charge in [0.05, 0.1) is 12.2 Å². The number of guanidine groups is 1. The maximum absolute atomic E-state index is 10.6. The summed E-state index contributed by atoms with van der Waals surface area (Å²) in [6.07, 6.45) is 0. The largest absolute Gasteiger partial charge is 0.351 e. The van der Waals surface area contributed by atoms with Crippen LogP contribution in [0.4, 0.5) is 4.79 Å². The number of nitrogens with one attached hydrogen (secondary N) is 2. The lowest BCUT2D eigenvalue weighted by Crippen LogP contribution is -2.43. The van der Waals surface area contributed by atoms with E-state index in [1.165, 1.54) is 0 Å². The van der Waals surface area contributed by atoms with Crippen molar-refractivity contribution in [2.75, 3.05) is 7.05 Å². The van der Waals surface area contributed by atoms with Gasteiger partial charge in [-0.1, -0.05) is 6.07 Å². The number of aromatic nitrogens is 1. The van der Waals surface area contributed by atoms with E-state index in [4.69, 9.17) is 5.73 Å². The summed E-state index contributed by atoms with van der Waals surface area (Å²) < 4.78 is 0. The Morgan fingerprint density at radius 1 is 1.56 bits per heavy atom. The van der Waals surface area contributed by atoms with E-state index in [0.29, 0.717) is 12.5 Å². The normalized spacial score (nSPS) is 11.0. The second kappa shape index (κ2) is 5.69. The summed E-state index contributed by atoms with van der Waals surface area (Å²) in [5, 5.41) is 5.28. The topological polar surface area (TPSA) is 92.4 Å². The van der Waals surface area contributed by atoms with E-state index in [-0.39, 0.29) is 0 Å². The third kappa shape index (κ3) is 3.95. The molecule has 0 radical (unpaired) electrons. The van der Waals surface area contributed by atoms with Crippen LogP contribution in [0.25, 0.3) is 0 Å². The average molecular weight is 221 g/mol. The van der Waals surface area contributed by atoms with Gasteiger partial charge in [0.2, 0.25) is 0 Å². The van der Waals surface area contributed by atoms with Crippen molar-refractivity contribution in [3.05, 3.63) is 29.6 Å². The highest BCUT2D eigenvalue weighted by Crippen LogP contribution is 1.96. The molecule has 1 heterocycles. The molecule has 0 aromatic carbocycles. The second-order valence-corrected chi connectivity index (χ2v) is 3.19. The predicted molar refractivity (Wildman–Crippen MR) is 61.9 cm³/mol. The van der Waals surface area contributed by atoms with E-state index < -0.39 is 6.03 Å². The molecule has 0 aliphatic heterocycles. The summed E-state index contributed by atoms with van der Waals surface area (Å²) >= 11 is 0. The fraction of sp³-hybridized carbons (Fsp3) is 0.300. The van der Waals surface area contributed by atoms with Gasteiger partial charge in [-0.2, -0.15) is 0 Å². The number of aryl methyl sites for hydroxylation is 1. The van der Waals surface area contributed by atoms with Crippen LogP contribution in [0, 0.1) is 6.92 Å². The van der Waals surface area contributed by atoms with Gasteiger partial charge in [0.25, 0.3) is 0 Å². The second-order valence-electron chi connectivity index (χ2n) is 3.19. The Labute approximate surface area is 94.0 Å². The predicted octanol–water partition coefficient (Wildman–Crippen LogP) is 0.134. The Kier molecular flexibility index (Phi) is 4.26. The van der Waals surface area contributed by atoms with Crippen LogP contribution in [0.15, 0.2) is 23.2 Å². The lowest BCUT2D eigenvalue weighted by Gasteiger charge is -2.08. The number of carbonyl (C=O) groups is 1. The molecule has 1 aromatic heterocycles. The van der Waals surface area contributed by atoms with Crippen molar-refractivity contribution in [3.8, 4) is 0 Å². The molecular weight excluding hydrogens is 206 g/mol. The summed E-state index contributed by atoms with van der Waals surface area (Å²) in [6.45, 7) is 2.40. The summed E-state index contributed by atoms with van der Waals surface area (Å²) in [7, 11) is 1.56. The van der Waals surface area contributed by atoms with Gasteiger partial charge in [0.15, 0.2) is 5.96 Å². The van der Waals surface area contributed by atoms with Crippen molar-refractivity contribution in [1.29, 1.82) is 0 Å². The highest BCUT2D eigenvalue weighted by Gasteiger charge is 2.01. The number of amides is 2. The zero-order chi connectivity index (χ0) is 12.0. The molecule has 0 fully saturated rings. The third-order valence-electron chi connectivity index (χ3n) is 1.85. The van der Waals surface area contributed by atoms with Gasteiger partial charge in [-0.05, 0) is 19.1 Å². The first kappa shape index (κ1) is 12.0. The van der Waals surface area contributed by atoms with Crippen LogP contribution in [-0.4, -0.2) is 24.0 Å². The number of rotatable bonds is 2. The minimum atomic E-state index is -0.648. The summed E-state index contributed by atoms with van der Waals surface area (Å²) in [4.78, 5) is 18.7. The van der Waals surface area contributed by atoms with Crippen LogP contribution in [-0.2, 0) is 6.54 Å². The molecule has 2 amide bonds. The molecule has 1 rings (SSSR count). The number of nitrogens with zero attached hydrogens (tertiary/aromatic N) is 2. The van der Waals surface area contributed by atoms with Gasteiger partial charge in [0, 0.05) is 12.7 Å². The molecular formula is C10H15N5O. The van der Waals surface area contributed by atoms with E-state index in [1.54, 1.807) is 7.05 Å². The van der Waals surface area contributed by atoms with Crippen LogP contribution in [0.5, 0.6) is 0 Å². The molecule has 6 nitrogen and oxygen atoms in total. The van der Waals surface area contributed by atoms with Crippen LogP contribution >= 0.6 is 0 Å². The Balaban J connectivity index is 2.53. The molecule has 0 aliphatic rings. The standard InChI is InChI=1S/C10H15N5O/c1-7-4-3-5-8(14-7)6-13-10(12-2)15-9(11)16/h3-5H,6H2,1-2H3,(H4,11,12,13,15,16). The maximum Gasteiger partial charge on any atom is 0.318 e. The molecule has 86 valence electrons. The number of primary amides is 1. The summed E-state index contributed by atoms with van der Waals surface area (Å²) in [5.74, 6) is 0.329. The number of nitrogens with two attached hydrogens (primary N) is 1. The van der Waals surface area contributed by atoms with Crippen molar-refractivity contribution >= 4 is 12.0 Å². The van der Waals surface area contributed by atoms with Gasteiger partial charge in [-0.3, -0.25) is 15.3 Å². The van der Waals surface area contributed by atoms with Crippen molar-refractivity contribution in [2.24, 2.45) is 10.7 Å². The summed E-state index contributed by atoms with van der Waals surface area (Å²) in [5.41, 5.74) is 6.79. The Morgan fingerprint density at radius 3 is 2.88 bits per heavy atom. The zero-order valence-electron chi connectivity index (χ0n) is 9.32. The Hall–Kier alpha value is -2.11. The number of aliphatic imine (C=N–C) groups is 1. The van der Waals surface area contributed by atoms with E-state index in [9.17, 15) is 4.79 Å². The van der Waals surface area contributed by atoms with E-state index in [1.807, 2.05) is 25.1 Å². The van der Waals surface area contributed by atoms with Crippen molar-refractivity contribution in [3.63, 3.8) is 0 Å². The number of pyridine rings is 1. The smallest absolute Gasteiger partial charge is 0.318 e. The molecule has 6 heteroatoms. The van der Waals surface area contributed by atoms with Gasteiger partial charge < -0.3 is 11.1 Å². The molecule has 0 unspecified atom stereocenters. The van der Waals surface area contributed by atoms with Crippen LogP contribution in [0.1, 0.15) is 11.4 Å². The molecule has 0 saturated carbocycles. The van der Waals surface area contributed by atoms with E-state index in [0.717, 1.165) is 11.4 Å². The van der Waals surface area contributed by atoms with Crippen LogP contribution in [0.2, 0.25) is 0 Å². The number of carbonyl (C=O) groups excluding carboxylic acids is 1. The van der Waals surface area contributed by atoms with Crippen molar-refractivity contribution in [2.45, 2.75) is 13.5 Å². The molecule has 0 aliphatic carbocycles. The van der Waals surface area contributed by atoms with Crippen LogP contribution in [0.3, 0.4) is 0 Å². The minimum absolute atomic E-state index is 0.329. The maximum atomic E-state index is 10.6. The first-order valence-electron chi connectivity index (χ1n) is 4.81. The van der Waals surface area contributed by atoms with Crippen molar-refractivity contribution < 1.29 is 4.79 Å². The van der Waals surface area contributed by atoms with E-state index >= 15 is 0 Å². The monoisotopic (exact) mass is 221 g/mol. The van der Waals surface area contributed by atoms with Gasteiger partial charge in [-0.25, -0.2) is 4.79 Å². The molecule has 0 spiro atoms. The molecule has 0 saturated heterocycles. The van der Waals surface area contributed by atoms with Crippen LogP contribution < -0.4 is 16.4 Å². The number of hydrogen-bond donors (Lipinski definition) is 3. The van der Waals surface area contributed by atoms with Gasteiger partial charge in [-0.15, -0.1) is 0 Å². The Morgan fingerprint density at radius 2 is 2.31 bits per heavy atom. The molecule has 1 aromatic rings.